The van der Waals surface area contributed by atoms with Crippen LogP contribution in [-0.4, -0.2) is 41.3 Å². The smallest absolute Gasteiger partial charge is 0.0762 e. The lowest BCUT2D eigenvalue weighted by atomic mass is 9.95. The molecule has 3 nitrogen and oxygen atoms in total. The van der Waals surface area contributed by atoms with Gasteiger partial charge in [0.25, 0.3) is 0 Å². The maximum Gasteiger partial charge on any atom is 0.0762 e. The SMILES string of the molecule is CC(CCN)SCC1(O)CCNCC1. The van der Waals surface area contributed by atoms with Crippen LogP contribution in [0.1, 0.15) is 26.2 Å². The molecule has 1 rings (SSSR count). The maximum absolute atomic E-state index is 10.2. The van der Waals surface area contributed by atoms with Gasteiger partial charge < -0.3 is 16.2 Å². The molecule has 0 aromatic rings. The van der Waals surface area contributed by atoms with Crippen LogP contribution in [0.4, 0.5) is 0 Å². The van der Waals surface area contributed by atoms with Crippen LogP contribution in [0.3, 0.4) is 0 Å². The highest BCUT2D eigenvalue weighted by Gasteiger charge is 2.29. The highest BCUT2D eigenvalue weighted by atomic mass is 32.2. The lowest BCUT2D eigenvalue weighted by Gasteiger charge is -2.33. The largest absolute Gasteiger partial charge is 0.389 e. The molecule has 4 N–H and O–H groups in total. The van der Waals surface area contributed by atoms with Gasteiger partial charge in [0.15, 0.2) is 0 Å². The second kappa shape index (κ2) is 5.95. The molecule has 0 amide bonds. The van der Waals surface area contributed by atoms with Crippen LogP contribution in [0.25, 0.3) is 0 Å². The molecule has 1 atom stereocenters. The zero-order valence-electron chi connectivity index (χ0n) is 8.96. The third-order valence-electron chi connectivity index (χ3n) is 2.74. The molecular weight excluding hydrogens is 196 g/mol. The summed E-state index contributed by atoms with van der Waals surface area (Å²) in [7, 11) is 0. The van der Waals surface area contributed by atoms with Crippen molar-refractivity contribution in [3.05, 3.63) is 0 Å². The minimum absolute atomic E-state index is 0.432. The third-order valence-corrected chi connectivity index (χ3v) is 4.25. The fourth-order valence-corrected chi connectivity index (χ4v) is 2.84. The van der Waals surface area contributed by atoms with Gasteiger partial charge in [-0.3, -0.25) is 0 Å². The summed E-state index contributed by atoms with van der Waals surface area (Å²) in [5.41, 5.74) is 5.05. The Morgan fingerprint density at radius 1 is 1.50 bits per heavy atom. The van der Waals surface area contributed by atoms with Crippen molar-refractivity contribution in [1.82, 2.24) is 5.32 Å². The van der Waals surface area contributed by atoms with Crippen molar-refractivity contribution in [3.8, 4) is 0 Å². The van der Waals surface area contributed by atoms with Gasteiger partial charge in [0.1, 0.15) is 0 Å². The summed E-state index contributed by atoms with van der Waals surface area (Å²) in [6, 6.07) is 0. The summed E-state index contributed by atoms with van der Waals surface area (Å²) in [5, 5.41) is 14.0. The van der Waals surface area contributed by atoms with E-state index in [0.29, 0.717) is 5.25 Å². The van der Waals surface area contributed by atoms with Gasteiger partial charge in [0.2, 0.25) is 0 Å². The topological polar surface area (TPSA) is 58.3 Å². The number of aliphatic hydroxyl groups is 1. The van der Waals surface area contributed by atoms with Crippen molar-refractivity contribution in [2.24, 2.45) is 5.73 Å². The Morgan fingerprint density at radius 3 is 2.71 bits per heavy atom. The van der Waals surface area contributed by atoms with Crippen LogP contribution < -0.4 is 11.1 Å². The highest BCUT2D eigenvalue weighted by molar-refractivity contribution is 7.99. The van der Waals surface area contributed by atoms with Gasteiger partial charge in [-0.05, 0) is 38.9 Å². The molecule has 0 radical (unpaired) electrons. The van der Waals surface area contributed by atoms with E-state index in [9.17, 15) is 5.11 Å². The molecule has 0 aromatic heterocycles. The molecule has 84 valence electrons. The number of nitrogens with two attached hydrogens (primary N) is 1. The number of hydrogen-bond donors (Lipinski definition) is 3. The molecule has 0 spiro atoms. The van der Waals surface area contributed by atoms with Crippen molar-refractivity contribution in [1.29, 1.82) is 0 Å². The van der Waals surface area contributed by atoms with Crippen molar-refractivity contribution in [2.75, 3.05) is 25.4 Å². The van der Waals surface area contributed by atoms with E-state index in [-0.39, 0.29) is 0 Å². The maximum atomic E-state index is 10.2. The van der Waals surface area contributed by atoms with Crippen molar-refractivity contribution in [3.63, 3.8) is 0 Å². The molecule has 0 saturated carbocycles. The number of thioether (sulfide) groups is 1. The zero-order chi connectivity index (χ0) is 10.4. The number of nitrogens with one attached hydrogen (secondary N) is 1. The van der Waals surface area contributed by atoms with Gasteiger partial charge in [-0.2, -0.15) is 11.8 Å². The van der Waals surface area contributed by atoms with Crippen LogP contribution in [-0.2, 0) is 0 Å². The van der Waals surface area contributed by atoms with Gasteiger partial charge >= 0.3 is 0 Å². The van der Waals surface area contributed by atoms with Crippen molar-refractivity contribution < 1.29 is 5.11 Å². The molecule has 1 saturated heterocycles. The Hall–Kier alpha value is 0.230. The van der Waals surface area contributed by atoms with Crippen LogP contribution in [0.2, 0.25) is 0 Å². The number of rotatable bonds is 5. The van der Waals surface area contributed by atoms with Gasteiger partial charge in [-0.15, -0.1) is 0 Å². The Morgan fingerprint density at radius 2 is 2.14 bits per heavy atom. The van der Waals surface area contributed by atoms with E-state index in [2.05, 4.69) is 12.2 Å². The summed E-state index contributed by atoms with van der Waals surface area (Å²) in [4.78, 5) is 0. The molecule has 4 heteroatoms. The molecule has 0 aromatic carbocycles. The molecule has 14 heavy (non-hydrogen) atoms. The fourth-order valence-electron chi connectivity index (χ4n) is 1.65. The highest BCUT2D eigenvalue weighted by Crippen LogP contribution is 2.26. The summed E-state index contributed by atoms with van der Waals surface area (Å²) in [6.07, 6.45) is 2.81. The molecule has 0 aliphatic carbocycles. The fraction of sp³-hybridized carbons (Fsp3) is 1.00. The first-order chi connectivity index (χ1) is 6.66. The van der Waals surface area contributed by atoms with E-state index in [0.717, 1.165) is 44.6 Å². The monoisotopic (exact) mass is 218 g/mol. The molecule has 1 aliphatic rings. The lowest BCUT2D eigenvalue weighted by molar-refractivity contribution is 0.0338. The summed E-state index contributed by atoms with van der Waals surface area (Å²) >= 11 is 1.85. The average molecular weight is 218 g/mol. The van der Waals surface area contributed by atoms with E-state index < -0.39 is 5.60 Å². The van der Waals surface area contributed by atoms with E-state index in [4.69, 9.17) is 5.73 Å². The average Bonchev–Trinajstić information content (AvgIpc) is 2.17. The predicted octanol–water partition coefficient (Wildman–Crippen LogP) is 0.571. The zero-order valence-corrected chi connectivity index (χ0v) is 9.78. The van der Waals surface area contributed by atoms with Gasteiger partial charge in [0, 0.05) is 11.0 Å². The minimum atomic E-state index is -0.432. The van der Waals surface area contributed by atoms with Gasteiger partial charge in [-0.25, -0.2) is 0 Å². The second-order valence-electron chi connectivity index (χ2n) is 4.17. The van der Waals surface area contributed by atoms with Crippen LogP contribution in [0, 0.1) is 0 Å². The molecule has 1 heterocycles. The molecule has 1 aliphatic heterocycles. The summed E-state index contributed by atoms with van der Waals surface area (Å²) < 4.78 is 0. The van der Waals surface area contributed by atoms with Crippen molar-refractivity contribution >= 4 is 11.8 Å². The first-order valence-corrected chi connectivity index (χ1v) is 6.46. The number of piperidine rings is 1. The quantitative estimate of drug-likeness (QED) is 0.631. The van der Waals surface area contributed by atoms with E-state index in [1.807, 2.05) is 11.8 Å². The van der Waals surface area contributed by atoms with Crippen LogP contribution in [0.15, 0.2) is 0 Å². The molecular formula is C10H22N2OS. The molecule has 0 bridgehead atoms. The van der Waals surface area contributed by atoms with E-state index in [1.165, 1.54) is 0 Å². The first kappa shape index (κ1) is 12.3. The normalized spacial score (nSPS) is 23.4. The summed E-state index contributed by atoms with van der Waals surface area (Å²) in [5.74, 6) is 0.857. The Labute approximate surface area is 90.8 Å². The Bertz CT molecular complexity index is 160. The standard InChI is InChI=1S/C10H22N2OS/c1-9(2-5-11)14-8-10(13)3-6-12-7-4-10/h9,12-13H,2-8,11H2,1H3. The summed E-state index contributed by atoms with van der Waals surface area (Å²) in [6.45, 7) is 4.82. The van der Waals surface area contributed by atoms with Gasteiger partial charge in [0.05, 0.1) is 5.60 Å². The first-order valence-electron chi connectivity index (χ1n) is 5.41. The Kier molecular flexibility index (Phi) is 5.23. The van der Waals surface area contributed by atoms with Crippen LogP contribution in [0.5, 0.6) is 0 Å². The number of hydrogen-bond acceptors (Lipinski definition) is 4. The Balaban J connectivity index is 2.21. The minimum Gasteiger partial charge on any atom is -0.389 e. The molecule has 1 unspecified atom stereocenters. The third kappa shape index (κ3) is 4.17. The van der Waals surface area contributed by atoms with Crippen LogP contribution >= 0.6 is 11.8 Å². The molecule has 1 fully saturated rings. The van der Waals surface area contributed by atoms with Gasteiger partial charge in [-0.1, -0.05) is 6.92 Å². The van der Waals surface area contributed by atoms with E-state index >= 15 is 0 Å². The predicted molar refractivity (Wildman–Crippen MR) is 62.6 cm³/mol. The lowest BCUT2D eigenvalue weighted by Crippen LogP contribution is -2.44. The second-order valence-corrected chi connectivity index (χ2v) is 5.60. The van der Waals surface area contributed by atoms with E-state index in [1.54, 1.807) is 0 Å². The van der Waals surface area contributed by atoms with Crippen molar-refractivity contribution in [2.45, 2.75) is 37.0 Å².